The van der Waals surface area contributed by atoms with Gasteiger partial charge in [-0.25, -0.2) is 4.98 Å². The number of aryl methyl sites for hydroxylation is 2. The molecule has 0 aliphatic carbocycles. The summed E-state index contributed by atoms with van der Waals surface area (Å²) in [4.78, 5) is 31.1. The summed E-state index contributed by atoms with van der Waals surface area (Å²) in [6.07, 6.45) is -4.66. The first kappa shape index (κ1) is 21.5. The number of H-pyrrole nitrogens is 1. The number of hydrogen-bond acceptors (Lipinski definition) is 5. The molecule has 1 amide bonds. The minimum absolute atomic E-state index is 0.0992. The maximum Gasteiger partial charge on any atom is 0.433 e. The smallest absolute Gasteiger partial charge is 0.311 e. The maximum absolute atomic E-state index is 12.8. The van der Waals surface area contributed by atoms with Crippen molar-refractivity contribution in [2.75, 3.05) is 17.2 Å². The van der Waals surface area contributed by atoms with E-state index in [1.165, 1.54) is 4.90 Å². The average Bonchev–Trinajstić information content (AvgIpc) is 2.58. The Morgan fingerprint density at radius 3 is 2.46 bits per heavy atom. The van der Waals surface area contributed by atoms with E-state index in [-0.39, 0.29) is 23.9 Å². The largest absolute Gasteiger partial charge is 0.433 e. The lowest BCUT2D eigenvalue weighted by molar-refractivity contribution is -0.141. The quantitative estimate of drug-likeness (QED) is 0.582. The van der Waals surface area contributed by atoms with Gasteiger partial charge >= 0.3 is 6.18 Å². The molecule has 0 aliphatic rings. The summed E-state index contributed by atoms with van der Waals surface area (Å²) in [6.45, 7) is 3.89. The van der Waals surface area contributed by atoms with Crippen molar-refractivity contribution >= 4 is 23.4 Å². The van der Waals surface area contributed by atoms with Crippen LogP contribution in [0.4, 0.5) is 18.9 Å². The zero-order chi connectivity index (χ0) is 20.9. The van der Waals surface area contributed by atoms with Gasteiger partial charge in [0.15, 0.2) is 10.9 Å². The first-order valence-electron chi connectivity index (χ1n) is 8.17. The molecule has 1 heterocycles. The number of thioether (sulfide) groups is 1. The number of alkyl halides is 3. The van der Waals surface area contributed by atoms with Crippen LogP contribution in [0.3, 0.4) is 0 Å². The van der Waals surface area contributed by atoms with E-state index >= 15 is 0 Å². The summed E-state index contributed by atoms with van der Waals surface area (Å²) in [6, 6.07) is 7.84. The molecule has 10 heteroatoms. The predicted molar refractivity (Wildman–Crippen MR) is 99.1 cm³/mol. The molecular weight excluding hydrogens is 393 g/mol. The first-order chi connectivity index (χ1) is 13.1. The number of carbonyl (C=O) groups is 1. The molecule has 0 aliphatic heterocycles. The zero-order valence-corrected chi connectivity index (χ0v) is 15.9. The van der Waals surface area contributed by atoms with Crippen LogP contribution in [0, 0.1) is 25.2 Å². The van der Waals surface area contributed by atoms with Crippen molar-refractivity contribution in [3.05, 3.63) is 51.4 Å². The Labute approximate surface area is 163 Å². The molecule has 28 heavy (non-hydrogen) atoms. The molecular formula is C18H17F3N4O2S. The Morgan fingerprint density at radius 1 is 1.25 bits per heavy atom. The van der Waals surface area contributed by atoms with Gasteiger partial charge in [0.05, 0.1) is 18.2 Å². The van der Waals surface area contributed by atoms with Crippen LogP contribution in [0.25, 0.3) is 0 Å². The highest BCUT2D eigenvalue weighted by atomic mass is 32.2. The van der Waals surface area contributed by atoms with E-state index in [2.05, 4.69) is 9.97 Å². The lowest BCUT2D eigenvalue weighted by Gasteiger charge is -2.22. The second-order valence-corrected chi connectivity index (χ2v) is 6.99. The van der Waals surface area contributed by atoms with E-state index in [9.17, 15) is 22.8 Å². The van der Waals surface area contributed by atoms with E-state index in [4.69, 9.17) is 5.26 Å². The fourth-order valence-electron chi connectivity index (χ4n) is 2.52. The molecule has 0 spiro atoms. The summed E-state index contributed by atoms with van der Waals surface area (Å²) in [5.41, 5.74) is 0.196. The molecule has 6 nitrogen and oxygen atoms in total. The highest BCUT2D eigenvalue weighted by molar-refractivity contribution is 7.99. The molecule has 0 fully saturated rings. The van der Waals surface area contributed by atoms with Gasteiger partial charge in [-0.2, -0.15) is 18.4 Å². The standard InChI is InChI=1S/C18H17F3N4O2S/c1-11-6-12(2)8-13(7-11)25(5-3-4-22)16(27)10-28-17-23-14(18(19,20)21)9-15(26)24-17/h6-9H,3,5,10H2,1-2H3,(H,23,24,26). The second-order valence-electron chi connectivity index (χ2n) is 6.02. The van der Waals surface area contributed by atoms with E-state index in [0.717, 1.165) is 11.1 Å². The van der Waals surface area contributed by atoms with Crippen LogP contribution in [0.2, 0.25) is 0 Å². The lowest BCUT2D eigenvalue weighted by atomic mass is 10.1. The summed E-state index contributed by atoms with van der Waals surface area (Å²) in [5, 5.41) is 8.55. The van der Waals surface area contributed by atoms with Gasteiger partial charge < -0.3 is 9.88 Å². The minimum atomic E-state index is -4.76. The number of nitrogens with one attached hydrogen (secondary N) is 1. The molecule has 148 valence electrons. The van der Waals surface area contributed by atoms with Crippen molar-refractivity contribution in [3.63, 3.8) is 0 Å². The molecule has 0 saturated carbocycles. The van der Waals surface area contributed by atoms with Crippen molar-refractivity contribution in [1.82, 2.24) is 9.97 Å². The Kier molecular flexibility index (Phi) is 6.85. The summed E-state index contributed by atoms with van der Waals surface area (Å²) in [7, 11) is 0. The summed E-state index contributed by atoms with van der Waals surface area (Å²) < 4.78 is 38.3. The molecule has 0 radical (unpaired) electrons. The van der Waals surface area contributed by atoms with Gasteiger partial charge in [-0.1, -0.05) is 17.8 Å². The van der Waals surface area contributed by atoms with Crippen LogP contribution < -0.4 is 10.5 Å². The van der Waals surface area contributed by atoms with Crippen molar-refractivity contribution < 1.29 is 18.0 Å². The van der Waals surface area contributed by atoms with Gasteiger partial charge in [-0.15, -0.1) is 0 Å². The molecule has 0 saturated heterocycles. The predicted octanol–water partition coefficient (Wildman–Crippen LogP) is 3.44. The number of halogens is 3. The third-order valence-electron chi connectivity index (χ3n) is 3.61. The van der Waals surface area contributed by atoms with Crippen LogP contribution in [0.15, 0.2) is 34.2 Å². The Balaban J connectivity index is 2.21. The minimum Gasteiger partial charge on any atom is -0.311 e. The number of aromatic nitrogens is 2. The molecule has 1 aromatic heterocycles. The number of aromatic amines is 1. The third-order valence-corrected chi connectivity index (χ3v) is 4.47. The SMILES string of the molecule is Cc1cc(C)cc(N(CCC#N)C(=O)CSc2nc(C(F)(F)F)cc(=O)[nH]2)c1. The highest BCUT2D eigenvalue weighted by Gasteiger charge is 2.33. The van der Waals surface area contributed by atoms with E-state index in [0.29, 0.717) is 23.5 Å². The Morgan fingerprint density at radius 2 is 1.89 bits per heavy atom. The van der Waals surface area contributed by atoms with E-state index in [1.807, 2.05) is 26.0 Å². The van der Waals surface area contributed by atoms with Crippen molar-refractivity contribution in [2.24, 2.45) is 0 Å². The molecule has 1 N–H and O–H groups in total. The van der Waals surface area contributed by atoms with Crippen molar-refractivity contribution in [1.29, 1.82) is 5.26 Å². The maximum atomic E-state index is 12.8. The third kappa shape index (κ3) is 5.85. The van der Waals surface area contributed by atoms with Crippen LogP contribution in [0.5, 0.6) is 0 Å². The summed E-state index contributed by atoms with van der Waals surface area (Å²) >= 11 is 0.697. The van der Waals surface area contributed by atoms with Gasteiger partial charge in [0.25, 0.3) is 5.56 Å². The molecule has 0 unspecified atom stereocenters. The van der Waals surface area contributed by atoms with Gasteiger partial charge in [-0.3, -0.25) is 9.59 Å². The van der Waals surface area contributed by atoms with Crippen molar-refractivity contribution in [3.8, 4) is 6.07 Å². The number of anilines is 1. The highest BCUT2D eigenvalue weighted by Crippen LogP contribution is 2.28. The number of carbonyl (C=O) groups excluding carboxylic acids is 1. The van der Waals surface area contributed by atoms with Crippen LogP contribution in [-0.4, -0.2) is 28.2 Å². The van der Waals surface area contributed by atoms with Crippen molar-refractivity contribution in [2.45, 2.75) is 31.6 Å². The van der Waals surface area contributed by atoms with Gasteiger partial charge in [-0.05, 0) is 37.1 Å². The van der Waals surface area contributed by atoms with Crippen LogP contribution in [-0.2, 0) is 11.0 Å². The van der Waals surface area contributed by atoms with E-state index < -0.39 is 23.3 Å². The lowest BCUT2D eigenvalue weighted by Crippen LogP contribution is -2.33. The van der Waals surface area contributed by atoms with Gasteiger partial charge in [0.1, 0.15) is 0 Å². The first-order valence-corrected chi connectivity index (χ1v) is 9.15. The fraction of sp³-hybridized carbons (Fsp3) is 0.333. The number of rotatable bonds is 6. The zero-order valence-electron chi connectivity index (χ0n) is 15.1. The number of hydrogen-bond donors (Lipinski definition) is 1. The fourth-order valence-corrected chi connectivity index (χ4v) is 3.27. The topological polar surface area (TPSA) is 89.8 Å². The number of benzene rings is 1. The van der Waals surface area contributed by atoms with Crippen LogP contribution >= 0.6 is 11.8 Å². The number of amides is 1. The Hall–Kier alpha value is -2.80. The molecule has 2 rings (SSSR count). The molecule has 0 bridgehead atoms. The van der Waals surface area contributed by atoms with E-state index in [1.54, 1.807) is 12.1 Å². The monoisotopic (exact) mass is 410 g/mol. The average molecular weight is 410 g/mol. The normalized spacial score (nSPS) is 11.1. The number of nitriles is 1. The molecule has 0 atom stereocenters. The molecule has 1 aromatic carbocycles. The van der Waals surface area contributed by atoms with Gasteiger partial charge in [0.2, 0.25) is 5.91 Å². The van der Waals surface area contributed by atoms with Crippen LogP contribution in [0.1, 0.15) is 23.2 Å². The Bertz CT molecular complexity index is 946. The van der Waals surface area contributed by atoms with Gasteiger partial charge in [0, 0.05) is 18.3 Å². The summed E-state index contributed by atoms with van der Waals surface area (Å²) in [5.74, 6) is -0.659. The second kappa shape index (κ2) is 8.93. The number of nitrogens with zero attached hydrogens (tertiary/aromatic N) is 3. The molecule has 2 aromatic rings.